The second-order valence-corrected chi connectivity index (χ2v) is 7.22. The monoisotopic (exact) mass is 401 g/mol. The molecule has 2 aromatic rings. The molecular weight excluding hydrogens is 380 g/mol. The van der Waals surface area contributed by atoms with Crippen LogP contribution < -0.4 is 15.0 Å². The molecule has 1 aliphatic heterocycles. The van der Waals surface area contributed by atoms with E-state index >= 15 is 0 Å². The zero-order chi connectivity index (χ0) is 20.4. The summed E-state index contributed by atoms with van der Waals surface area (Å²) < 4.78 is 34.3. The van der Waals surface area contributed by atoms with Crippen LogP contribution in [0.3, 0.4) is 0 Å². The van der Waals surface area contributed by atoms with Gasteiger partial charge in [-0.05, 0) is 42.7 Å². The molecule has 1 aliphatic carbocycles. The molecule has 0 unspecified atom stereocenters. The van der Waals surface area contributed by atoms with E-state index in [1.54, 1.807) is 24.5 Å². The molecule has 0 bridgehead atoms. The largest absolute Gasteiger partial charge is 0.445 e. The average Bonchev–Trinajstić information content (AvgIpc) is 2.73. The summed E-state index contributed by atoms with van der Waals surface area (Å²) in [5.74, 6) is -2.50. The highest BCUT2D eigenvalue weighted by Gasteiger charge is 2.31. The third-order valence-electron chi connectivity index (χ3n) is 5.18. The molecular formula is C21H21F2N3O3. The van der Waals surface area contributed by atoms with E-state index < -0.39 is 29.7 Å². The van der Waals surface area contributed by atoms with Crippen molar-refractivity contribution in [2.75, 3.05) is 4.90 Å². The quantitative estimate of drug-likeness (QED) is 0.824. The molecule has 1 amide bonds. The Bertz CT molecular complexity index is 936. The Morgan fingerprint density at radius 1 is 1.17 bits per heavy atom. The summed E-state index contributed by atoms with van der Waals surface area (Å²) in [4.78, 5) is 18.1. The second kappa shape index (κ2) is 8.16. The number of rotatable bonds is 4. The number of aliphatic hydroxyl groups excluding tert-OH is 1. The van der Waals surface area contributed by atoms with Crippen LogP contribution in [0.15, 0.2) is 48.6 Å². The zero-order valence-corrected chi connectivity index (χ0v) is 15.6. The number of nitrogens with one attached hydrogen (secondary N) is 1. The Kier molecular flexibility index (Phi) is 5.44. The number of anilines is 1. The summed E-state index contributed by atoms with van der Waals surface area (Å²) in [7, 11) is 0. The summed E-state index contributed by atoms with van der Waals surface area (Å²) in [6.07, 6.45) is 6.99. The Morgan fingerprint density at radius 3 is 2.66 bits per heavy atom. The fraction of sp³-hybridized carbons (Fsp3) is 0.333. The third kappa shape index (κ3) is 4.07. The average molecular weight is 401 g/mol. The minimum absolute atomic E-state index is 0.0731. The van der Waals surface area contributed by atoms with E-state index in [0.717, 1.165) is 30.5 Å². The molecule has 2 heterocycles. The predicted octanol–water partition coefficient (Wildman–Crippen LogP) is 3.02. The Balaban J connectivity index is 1.64. The van der Waals surface area contributed by atoms with E-state index in [1.165, 1.54) is 11.1 Å². The summed E-state index contributed by atoms with van der Waals surface area (Å²) in [6.45, 7) is 0.197. The number of hydrogen-bond acceptors (Lipinski definition) is 5. The van der Waals surface area contributed by atoms with Gasteiger partial charge in [-0.25, -0.2) is 8.78 Å². The normalized spacial score (nSPS) is 21.1. The molecule has 152 valence electrons. The van der Waals surface area contributed by atoms with Gasteiger partial charge >= 0.3 is 0 Å². The van der Waals surface area contributed by atoms with Crippen LogP contribution in [-0.2, 0) is 11.3 Å². The van der Waals surface area contributed by atoms with E-state index in [2.05, 4.69) is 10.3 Å². The highest BCUT2D eigenvalue weighted by molar-refractivity contribution is 5.93. The van der Waals surface area contributed by atoms with E-state index in [9.17, 15) is 18.7 Å². The number of aromatic nitrogens is 1. The van der Waals surface area contributed by atoms with Crippen LogP contribution in [0.5, 0.6) is 5.75 Å². The molecule has 0 spiro atoms. The number of carbonyl (C=O) groups is 1. The van der Waals surface area contributed by atoms with Gasteiger partial charge in [0.1, 0.15) is 5.69 Å². The second-order valence-electron chi connectivity index (χ2n) is 7.22. The molecule has 2 aliphatic rings. The molecule has 2 atom stereocenters. The number of amides is 1. The van der Waals surface area contributed by atoms with Crippen molar-refractivity contribution >= 4 is 11.6 Å². The Morgan fingerprint density at radius 2 is 1.90 bits per heavy atom. The molecule has 1 fully saturated rings. The highest BCUT2D eigenvalue weighted by atomic mass is 19.1. The van der Waals surface area contributed by atoms with Gasteiger partial charge in [0.15, 0.2) is 17.4 Å². The number of carbonyl (C=O) groups excluding carboxylic acids is 1. The van der Waals surface area contributed by atoms with Crippen molar-refractivity contribution in [2.45, 2.75) is 44.4 Å². The van der Waals surface area contributed by atoms with Gasteiger partial charge in [-0.2, -0.15) is 0 Å². The first-order valence-corrected chi connectivity index (χ1v) is 9.55. The number of aliphatic hydroxyl groups is 1. The lowest BCUT2D eigenvalue weighted by Gasteiger charge is -2.31. The van der Waals surface area contributed by atoms with E-state index in [0.29, 0.717) is 12.8 Å². The van der Waals surface area contributed by atoms with Gasteiger partial charge in [-0.15, -0.1) is 0 Å². The molecule has 1 aromatic heterocycles. The maximum atomic E-state index is 14.5. The molecule has 8 heteroatoms. The Labute approximate surface area is 166 Å². The summed E-state index contributed by atoms with van der Waals surface area (Å²) in [5, 5.41) is 12.9. The van der Waals surface area contributed by atoms with Crippen LogP contribution in [0.2, 0.25) is 0 Å². The summed E-state index contributed by atoms with van der Waals surface area (Å²) in [6, 6.07) is 5.09. The van der Waals surface area contributed by atoms with Gasteiger partial charge in [0.25, 0.3) is 5.91 Å². The summed E-state index contributed by atoms with van der Waals surface area (Å²) in [5.41, 5.74) is 0.728. The maximum Gasteiger partial charge on any atom is 0.288 e. The van der Waals surface area contributed by atoms with Crippen molar-refractivity contribution < 1.29 is 23.4 Å². The molecule has 0 radical (unpaired) electrons. The van der Waals surface area contributed by atoms with E-state index in [4.69, 9.17) is 4.74 Å². The first-order chi connectivity index (χ1) is 14.0. The Hall–Kier alpha value is -3.00. The van der Waals surface area contributed by atoms with Crippen LogP contribution >= 0.6 is 0 Å². The number of ether oxygens (including phenoxy) is 1. The van der Waals surface area contributed by atoms with Crippen LogP contribution in [0.1, 0.15) is 31.2 Å². The SMILES string of the molecule is O=C(N[C@H]1CCCC[C@@H]1O)C1=CN(Cc2ccncc2)c2c(F)ccc(F)c2O1. The van der Waals surface area contributed by atoms with Crippen molar-refractivity contribution in [3.8, 4) is 5.75 Å². The van der Waals surface area contributed by atoms with Crippen LogP contribution in [0, 0.1) is 11.6 Å². The number of nitrogens with zero attached hydrogens (tertiary/aromatic N) is 2. The maximum absolute atomic E-state index is 14.5. The predicted molar refractivity (Wildman–Crippen MR) is 102 cm³/mol. The number of fused-ring (bicyclic) bond motifs is 1. The molecule has 2 N–H and O–H groups in total. The smallest absolute Gasteiger partial charge is 0.288 e. The van der Waals surface area contributed by atoms with Crippen molar-refractivity contribution in [3.05, 3.63) is 65.8 Å². The van der Waals surface area contributed by atoms with Crippen LogP contribution in [-0.4, -0.2) is 28.1 Å². The number of hydrogen-bond donors (Lipinski definition) is 2. The highest BCUT2D eigenvalue weighted by Crippen LogP contribution is 2.39. The van der Waals surface area contributed by atoms with Crippen LogP contribution in [0.25, 0.3) is 0 Å². The molecule has 0 saturated heterocycles. The first kappa shape index (κ1) is 19.3. The molecule has 6 nitrogen and oxygen atoms in total. The minimum atomic E-state index is -0.766. The molecule has 1 aromatic carbocycles. The number of halogens is 2. The van der Waals surface area contributed by atoms with Gasteiger partial charge in [-0.1, -0.05) is 12.8 Å². The van der Waals surface area contributed by atoms with Crippen molar-refractivity contribution in [2.24, 2.45) is 0 Å². The van der Waals surface area contributed by atoms with Crippen LogP contribution in [0.4, 0.5) is 14.5 Å². The molecule has 29 heavy (non-hydrogen) atoms. The van der Waals surface area contributed by atoms with Crippen molar-refractivity contribution in [3.63, 3.8) is 0 Å². The fourth-order valence-electron chi connectivity index (χ4n) is 3.66. The van der Waals surface area contributed by atoms with E-state index in [-0.39, 0.29) is 23.7 Å². The van der Waals surface area contributed by atoms with Gasteiger partial charge in [0, 0.05) is 18.9 Å². The molecule has 1 saturated carbocycles. The lowest BCUT2D eigenvalue weighted by molar-refractivity contribution is -0.121. The molecule has 4 rings (SSSR count). The zero-order valence-electron chi connectivity index (χ0n) is 15.6. The summed E-state index contributed by atoms with van der Waals surface area (Å²) >= 11 is 0. The van der Waals surface area contributed by atoms with Gasteiger partial charge in [-0.3, -0.25) is 9.78 Å². The number of pyridine rings is 1. The first-order valence-electron chi connectivity index (χ1n) is 9.55. The van der Waals surface area contributed by atoms with E-state index in [1.807, 2.05) is 0 Å². The lowest BCUT2D eigenvalue weighted by atomic mass is 9.92. The van der Waals surface area contributed by atoms with Gasteiger partial charge in [0.2, 0.25) is 5.76 Å². The van der Waals surface area contributed by atoms with Crippen molar-refractivity contribution in [1.29, 1.82) is 0 Å². The standard InChI is InChI=1S/C21H21F2N3O3/c22-14-5-6-15(23)20-19(14)26(11-13-7-9-24-10-8-13)12-18(29-20)21(28)25-16-3-1-2-4-17(16)27/h5-10,12,16-17,27H,1-4,11H2,(H,25,28)/t16-,17-/m0/s1. The van der Waals surface area contributed by atoms with Gasteiger partial charge < -0.3 is 20.1 Å². The third-order valence-corrected chi connectivity index (χ3v) is 5.18. The number of benzene rings is 1. The van der Waals surface area contributed by atoms with Gasteiger partial charge in [0.05, 0.1) is 18.3 Å². The topological polar surface area (TPSA) is 74.7 Å². The fourth-order valence-corrected chi connectivity index (χ4v) is 3.66. The lowest BCUT2D eigenvalue weighted by Crippen LogP contribution is -2.46. The van der Waals surface area contributed by atoms with Crippen molar-refractivity contribution in [1.82, 2.24) is 10.3 Å². The minimum Gasteiger partial charge on any atom is -0.445 e.